The molecule has 1 aromatic carbocycles. The van der Waals surface area contributed by atoms with E-state index in [0.29, 0.717) is 18.1 Å². The van der Waals surface area contributed by atoms with E-state index >= 15 is 0 Å². The molecule has 0 atom stereocenters. The monoisotopic (exact) mass is 280 g/mol. The van der Waals surface area contributed by atoms with Crippen LogP contribution in [0, 0.1) is 10.1 Å². The van der Waals surface area contributed by atoms with E-state index in [1.165, 1.54) is 12.1 Å². The van der Waals surface area contributed by atoms with Gasteiger partial charge in [-0.2, -0.15) is 5.10 Å². The normalized spacial score (nSPS) is 10.6. The van der Waals surface area contributed by atoms with E-state index in [-0.39, 0.29) is 5.69 Å². The summed E-state index contributed by atoms with van der Waals surface area (Å²) in [6.45, 7) is 1.05. The summed E-state index contributed by atoms with van der Waals surface area (Å²) in [5, 5.41) is 15.2. The fourth-order valence-corrected chi connectivity index (χ4v) is 1.98. The zero-order valence-electron chi connectivity index (χ0n) is 10.1. The second-order valence-corrected chi connectivity index (χ2v) is 4.52. The lowest BCUT2D eigenvalue weighted by atomic mass is 10.2. The van der Waals surface area contributed by atoms with Crippen LogP contribution in [0.2, 0.25) is 5.02 Å². The third-order valence-electron chi connectivity index (χ3n) is 2.70. The smallest absolute Gasteiger partial charge is 0.270 e. The Hall–Kier alpha value is -1.92. The van der Waals surface area contributed by atoms with Crippen LogP contribution < -0.4 is 5.73 Å². The van der Waals surface area contributed by atoms with E-state index < -0.39 is 4.92 Å². The first-order valence-corrected chi connectivity index (χ1v) is 6.12. The number of hydrogen-bond donors (Lipinski definition) is 1. The molecule has 0 spiro atoms. The molecule has 2 aromatic rings. The molecule has 100 valence electrons. The number of non-ortho nitro benzene ring substituents is 1. The van der Waals surface area contributed by atoms with Crippen LogP contribution >= 0.6 is 11.6 Å². The predicted octanol–water partition coefficient (Wildman–Crippen LogP) is 1.99. The Morgan fingerprint density at radius 2 is 2.26 bits per heavy atom. The molecule has 0 unspecified atom stereocenters. The summed E-state index contributed by atoms with van der Waals surface area (Å²) < 4.78 is 1.73. The van der Waals surface area contributed by atoms with Crippen molar-refractivity contribution < 1.29 is 4.92 Å². The quantitative estimate of drug-likeness (QED) is 0.670. The fourth-order valence-electron chi connectivity index (χ4n) is 1.74. The molecule has 0 radical (unpaired) electrons. The molecule has 19 heavy (non-hydrogen) atoms. The van der Waals surface area contributed by atoms with Crippen LogP contribution in [-0.4, -0.2) is 21.2 Å². The minimum Gasteiger partial charge on any atom is -0.330 e. The minimum absolute atomic E-state index is 0.0157. The van der Waals surface area contributed by atoms with Gasteiger partial charge in [0.2, 0.25) is 0 Å². The molecule has 1 aromatic heterocycles. The minimum atomic E-state index is -0.469. The lowest BCUT2D eigenvalue weighted by molar-refractivity contribution is -0.384. The van der Waals surface area contributed by atoms with E-state index in [4.69, 9.17) is 17.3 Å². The molecule has 0 amide bonds. The zero-order valence-corrected chi connectivity index (χ0v) is 10.9. The van der Waals surface area contributed by atoms with Crippen LogP contribution in [0.4, 0.5) is 5.69 Å². The Morgan fingerprint density at radius 3 is 2.89 bits per heavy atom. The summed E-state index contributed by atoms with van der Waals surface area (Å²) >= 11 is 6.03. The van der Waals surface area contributed by atoms with Gasteiger partial charge in [0.15, 0.2) is 0 Å². The van der Waals surface area contributed by atoms with Gasteiger partial charge in [-0.15, -0.1) is 0 Å². The first-order valence-electron chi connectivity index (χ1n) is 5.74. The molecule has 1 heterocycles. The van der Waals surface area contributed by atoms with Crippen molar-refractivity contribution in [1.29, 1.82) is 0 Å². The average Bonchev–Trinajstić information content (AvgIpc) is 2.79. The fraction of sp³-hybridized carbons (Fsp3) is 0.250. The molecular weight excluding hydrogens is 268 g/mol. The number of halogens is 1. The van der Waals surface area contributed by atoms with Crippen molar-refractivity contribution in [2.24, 2.45) is 5.73 Å². The number of nitrogens with two attached hydrogens (primary N) is 1. The maximum absolute atomic E-state index is 10.6. The van der Waals surface area contributed by atoms with Crippen LogP contribution in [0.25, 0.3) is 0 Å². The second kappa shape index (κ2) is 5.81. The molecule has 0 fully saturated rings. The maximum atomic E-state index is 10.6. The van der Waals surface area contributed by atoms with E-state index in [1.807, 2.05) is 6.20 Å². The van der Waals surface area contributed by atoms with Gasteiger partial charge in [-0.1, -0.05) is 11.6 Å². The molecule has 2 N–H and O–H groups in total. The Labute approximate surface area is 114 Å². The van der Waals surface area contributed by atoms with Gasteiger partial charge in [-0.3, -0.25) is 14.8 Å². The van der Waals surface area contributed by atoms with Crippen molar-refractivity contribution in [2.75, 3.05) is 6.54 Å². The number of benzene rings is 1. The third-order valence-corrected chi connectivity index (χ3v) is 3.05. The second-order valence-electron chi connectivity index (χ2n) is 4.12. The van der Waals surface area contributed by atoms with Gasteiger partial charge in [-0.05, 0) is 30.2 Å². The summed E-state index contributed by atoms with van der Waals surface area (Å²) in [7, 11) is 0. The summed E-state index contributed by atoms with van der Waals surface area (Å²) in [6.07, 6.45) is 4.42. The van der Waals surface area contributed by atoms with Crippen molar-refractivity contribution in [3.63, 3.8) is 0 Å². The molecule has 0 saturated heterocycles. The maximum Gasteiger partial charge on any atom is 0.270 e. The molecular formula is C12H13ClN4O2. The van der Waals surface area contributed by atoms with E-state index in [9.17, 15) is 10.1 Å². The Balaban J connectivity index is 2.16. The predicted molar refractivity (Wildman–Crippen MR) is 72.2 cm³/mol. The number of nitro benzene ring substituents is 1. The summed E-state index contributed by atoms with van der Waals surface area (Å²) in [5.41, 5.74) is 7.30. The topological polar surface area (TPSA) is 87.0 Å². The Morgan fingerprint density at radius 1 is 1.47 bits per heavy atom. The van der Waals surface area contributed by atoms with Crippen LogP contribution in [0.5, 0.6) is 0 Å². The SMILES string of the molecule is NCCc1cnn(Cc2ccc([N+](=O)[O-])cc2Cl)c1. The first-order chi connectivity index (χ1) is 9.10. The summed E-state index contributed by atoms with van der Waals surface area (Å²) in [6, 6.07) is 4.43. The molecule has 0 aliphatic heterocycles. The number of rotatable bonds is 5. The molecule has 0 bridgehead atoms. The highest BCUT2D eigenvalue weighted by Gasteiger charge is 2.10. The number of nitrogens with zero attached hydrogens (tertiary/aromatic N) is 3. The highest BCUT2D eigenvalue weighted by atomic mass is 35.5. The molecule has 0 aliphatic rings. The highest BCUT2D eigenvalue weighted by Crippen LogP contribution is 2.23. The highest BCUT2D eigenvalue weighted by molar-refractivity contribution is 6.31. The van der Waals surface area contributed by atoms with Gasteiger partial charge in [-0.25, -0.2) is 0 Å². The van der Waals surface area contributed by atoms with Crippen LogP contribution in [0.15, 0.2) is 30.6 Å². The van der Waals surface area contributed by atoms with Crippen LogP contribution in [-0.2, 0) is 13.0 Å². The Kier molecular flexibility index (Phi) is 4.13. The van der Waals surface area contributed by atoms with Crippen molar-refractivity contribution in [3.05, 3.63) is 56.9 Å². The van der Waals surface area contributed by atoms with Gasteiger partial charge in [0, 0.05) is 18.3 Å². The van der Waals surface area contributed by atoms with E-state index in [1.54, 1.807) is 16.9 Å². The van der Waals surface area contributed by atoms with Gasteiger partial charge < -0.3 is 5.73 Å². The lowest BCUT2D eigenvalue weighted by Gasteiger charge is -2.04. The standard InChI is InChI=1S/C12H13ClN4O2/c13-12-5-11(17(18)19)2-1-10(12)8-16-7-9(3-4-14)6-15-16/h1-2,5-7H,3-4,8,14H2. The molecule has 6 nitrogen and oxygen atoms in total. The van der Waals surface area contributed by atoms with Crippen molar-refractivity contribution in [2.45, 2.75) is 13.0 Å². The van der Waals surface area contributed by atoms with Gasteiger partial charge >= 0.3 is 0 Å². The first kappa shape index (κ1) is 13.5. The van der Waals surface area contributed by atoms with Gasteiger partial charge in [0.05, 0.1) is 22.7 Å². The number of nitro groups is 1. The van der Waals surface area contributed by atoms with E-state index in [2.05, 4.69) is 5.10 Å². The van der Waals surface area contributed by atoms with E-state index in [0.717, 1.165) is 17.5 Å². The van der Waals surface area contributed by atoms with Gasteiger partial charge in [0.25, 0.3) is 5.69 Å². The van der Waals surface area contributed by atoms with Crippen molar-refractivity contribution in [1.82, 2.24) is 9.78 Å². The van der Waals surface area contributed by atoms with Crippen LogP contribution in [0.3, 0.4) is 0 Å². The summed E-state index contributed by atoms with van der Waals surface area (Å²) in [5.74, 6) is 0. The van der Waals surface area contributed by atoms with Crippen molar-refractivity contribution in [3.8, 4) is 0 Å². The third kappa shape index (κ3) is 3.30. The van der Waals surface area contributed by atoms with Crippen LogP contribution in [0.1, 0.15) is 11.1 Å². The largest absolute Gasteiger partial charge is 0.330 e. The zero-order chi connectivity index (χ0) is 13.8. The lowest BCUT2D eigenvalue weighted by Crippen LogP contribution is -2.03. The summed E-state index contributed by atoms with van der Waals surface area (Å²) in [4.78, 5) is 10.1. The number of aromatic nitrogens is 2. The van der Waals surface area contributed by atoms with Crippen molar-refractivity contribution >= 4 is 17.3 Å². The molecule has 0 saturated carbocycles. The Bertz CT molecular complexity index is 597. The molecule has 0 aliphatic carbocycles. The molecule has 7 heteroatoms. The number of hydrogen-bond acceptors (Lipinski definition) is 4. The average molecular weight is 281 g/mol. The van der Waals surface area contributed by atoms with Gasteiger partial charge in [0.1, 0.15) is 0 Å². The molecule has 2 rings (SSSR count).